The first-order chi connectivity index (χ1) is 5.77. The average molecular weight is 227 g/mol. The van der Waals surface area contributed by atoms with Crippen LogP contribution in [0.15, 0.2) is 28.7 Å². The lowest BCUT2D eigenvalue weighted by atomic mass is 10.0. The first kappa shape index (κ1) is 9.13. The molecule has 0 N–H and O–H groups in total. The predicted octanol–water partition coefficient (Wildman–Crippen LogP) is 1.93. The SMILES string of the molecule is O=CC(C=O)c1ccc(Br)cc1. The van der Waals surface area contributed by atoms with Gasteiger partial charge >= 0.3 is 0 Å². The number of hydrogen-bond donors (Lipinski definition) is 0. The van der Waals surface area contributed by atoms with E-state index in [1.165, 1.54) is 0 Å². The quantitative estimate of drug-likeness (QED) is 0.584. The van der Waals surface area contributed by atoms with Crippen LogP contribution in [0.2, 0.25) is 0 Å². The molecule has 1 aromatic carbocycles. The number of rotatable bonds is 3. The molecule has 0 bridgehead atoms. The Hall–Kier alpha value is -0.960. The van der Waals surface area contributed by atoms with Crippen molar-refractivity contribution in [2.45, 2.75) is 5.92 Å². The standard InChI is InChI=1S/C9H7BrO2/c10-9-3-1-7(2-4-9)8(5-11)6-12/h1-6,8H. The van der Waals surface area contributed by atoms with Gasteiger partial charge in [0.1, 0.15) is 12.6 Å². The monoisotopic (exact) mass is 226 g/mol. The van der Waals surface area contributed by atoms with Crippen LogP contribution in [-0.4, -0.2) is 12.6 Å². The van der Waals surface area contributed by atoms with Crippen LogP contribution in [0.3, 0.4) is 0 Å². The van der Waals surface area contributed by atoms with E-state index in [1.54, 1.807) is 24.3 Å². The average Bonchev–Trinajstić information content (AvgIpc) is 2.10. The van der Waals surface area contributed by atoms with Gasteiger partial charge in [0.2, 0.25) is 0 Å². The molecule has 0 radical (unpaired) electrons. The van der Waals surface area contributed by atoms with Crippen LogP contribution in [0, 0.1) is 0 Å². The van der Waals surface area contributed by atoms with E-state index < -0.39 is 5.92 Å². The molecule has 0 aromatic heterocycles. The maximum Gasteiger partial charge on any atom is 0.134 e. The summed E-state index contributed by atoms with van der Waals surface area (Å²) in [6.45, 7) is 0. The first-order valence-corrected chi connectivity index (χ1v) is 4.23. The van der Waals surface area contributed by atoms with Gasteiger partial charge in [0.05, 0.1) is 5.92 Å². The molecule has 0 amide bonds. The van der Waals surface area contributed by atoms with Crippen LogP contribution in [0.5, 0.6) is 0 Å². The van der Waals surface area contributed by atoms with Gasteiger partial charge in [0, 0.05) is 4.47 Å². The molecular weight excluding hydrogens is 220 g/mol. The Morgan fingerprint density at radius 3 is 2.00 bits per heavy atom. The van der Waals surface area contributed by atoms with Crippen LogP contribution >= 0.6 is 15.9 Å². The van der Waals surface area contributed by atoms with Crippen molar-refractivity contribution in [3.05, 3.63) is 34.3 Å². The number of benzene rings is 1. The Morgan fingerprint density at radius 1 is 1.08 bits per heavy atom. The van der Waals surface area contributed by atoms with Crippen molar-refractivity contribution in [1.82, 2.24) is 0 Å². The molecule has 0 spiro atoms. The molecule has 0 aliphatic rings. The van der Waals surface area contributed by atoms with Crippen molar-refractivity contribution >= 4 is 28.5 Å². The van der Waals surface area contributed by atoms with Gasteiger partial charge in [-0.1, -0.05) is 28.1 Å². The van der Waals surface area contributed by atoms with Crippen LogP contribution in [0.1, 0.15) is 11.5 Å². The minimum absolute atomic E-state index is 0.627. The van der Waals surface area contributed by atoms with Gasteiger partial charge in [-0.2, -0.15) is 0 Å². The zero-order valence-corrected chi connectivity index (χ0v) is 7.82. The fourth-order valence-corrected chi connectivity index (χ4v) is 1.14. The summed E-state index contributed by atoms with van der Waals surface area (Å²) in [7, 11) is 0. The molecule has 0 aliphatic carbocycles. The summed E-state index contributed by atoms with van der Waals surface area (Å²) in [4.78, 5) is 20.8. The predicted molar refractivity (Wildman–Crippen MR) is 49.0 cm³/mol. The summed E-state index contributed by atoms with van der Waals surface area (Å²) in [6.07, 6.45) is 1.27. The van der Waals surface area contributed by atoms with Gasteiger partial charge in [0.25, 0.3) is 0 Å². The van der Waals surface area contributed by atoms with Crippen LogP contribution in [-0.2, 0) is 9.59 Å². The Morgan fingerprint density at radius 2 is 1.58 bits per heavy atom. The first-order valence-electron chi connectivity index (χ1n) is 3.44. The lowest BCUT2D eigenvalue weighted by Gasteiger charge is -2.01. The van der Waals surface area contributed by atoms with E-state index >= 15 is 0 Å². The summed E-state index contributed by atoms with van der Waals surface area (Å²) in [5.74, 6) is -0.627. The fraction of sp³-hybridized carbons (Fsp3) is 0.111. The molecule has 1 aromatic rings. The zero-order chi connectivity index (χ0) is 8.97. The van der Waals surface area contributed by atoms with Crippen LogP contribution < -0.4 is 0 Å². The van der Waals surface area contributed by atoms with E-state index in [0.29, 0.717) is 12.6 Å². The van der Waals surface area contributed by atoms with E-state index in [1.807, 2.05) is 0 Å². The molecule has 0 atom stereocenters. The summed E-state index contributed by atoms with van der Waals surface area (Å²) in [5.41, 5.74) is 0.725. The number of aldehydes is 2. The largest absolute Gasteiger partial charge is 0.302 e. The third kappa shape index (κ3) is 2.01. The summed E-state index contributed by atoms with van der Waals surface area (Å²) < 4.78 is 0.932. The molecule has 12 heavy (non-hydrogen) atoms. The van der Waals surface area contributed by atoms with Gasteiger partial charge in [-0.05, 0) is 17.7 Å². The second-order valence-electron chi connectivity index (χ2n) is 2.35. The topological polar surface area (TPSA) is 34.1 Å². The lowest BCUT2D eigenvalue weighted by Crippen LogP contribution is -2.00. The minimum Gasteiger partial charge on any atom is -0.302 e. The van der Waals surface area contributed by atoms with Crippen molar-refractivity contribution in [3.63, 3.8) is 0 Å². The molecule has 62 valence electrons. The molecule has 0 fully saturated rings. The van der Waals surface area contributed by atoms with Gasteiger partial charge < -0.3 is 9.59 Å². The van der Waals surface area contributed by atoms with Gasteiger partial charge in [-0.15, -0.1) is 0 Å². The maximum absolute atomic E-state index is 10.4. The molecule has 0 saturated heterocycles. The Bertz CT molecular complexity index is 271. The third-order valence-corrected chi connectivity index (χ3v) is 2.08. The van der Waals surface area contributed by atoms with Crippen LogP contribution in [0.25, 0.3) is 0 Å². The number of carbonyl (C=O) groups excluding carboxylic acids is 2. The molecule has 3 heteroatoms. The Kier molecular flexibility index (Phi) is 3.17. The highest BCUT2D eigenvalue weighted by atomic mass is 79.9. The summed E-state index contributed by atoms with van der Waals surface area (Å²) in [6, 6.07) is 7.10. The van der Waals surface area contributed by atoms with E-state index in [9.17, 15) is 9.59 Å². The van der Waals surface area contributed by atoms with Crippen molar-refractivity contribution < 1.29 is 9.59 Å². The second kappa shape index (κ2) is 4.16. The Balaban J connectivity index is 2.94. The highest BCUT2D eigenvalue weighted by Crippen LogP contribution is 2.15. The van der Waals surface area contributed by atoms with Gasteiger partial charge in [-0.25, -0.2) is 0 Å². The molecule has 0 unspecified atom stereocenters. The van der Waals surface area contributed by atoms with Crippen molar-refractivity contribution in [2.75, 3.05) is 0 Å². The number of hydrogen-bond acceptors (Lipinski definition) is 2. The highest BCUT2D eigenvalue weighted by Gasteiger charge is 2.07. The van der Waals surface area contributed by atoms with Crippen LogP contribution in [0.4, 0.5) is 0 Å². The lowest BCUT2D eigenvalue weighted by molar-refractivity contribution is -0.116. The van der Waals surface area contributed by atoms with E-state index in [2.05, 4.69) is 15.9 Å². The zero-order valence-electron chi connectivity index (χ0n) is 6.24. The minimum atomic E-state index is -0.627. The third-order valence-electron chi connectivity index (χ3n) is 1.55. The molecular formula is C9H7BrO2. The summed E-state index contributed by atoms with van der Waals surface area (Å²) in [5, 5.41) is 0. The van der Waals surface area contributed by atoms with E-state index in [0.717, 1.165) is 10.0 Å². The summed E-state index contributed by atoms with van der Waals surface area (Å²) >= 11 is 3.26. The number of carbonyl (C=O) groups is 2. The van der Waals surface area contributed by atoms with Gasteiger partial charge in [-0.3, -0.25) is 0 Å². The normalized spacial score (nSPS) is 9.83. The van der Waals surface area contributed by atoms with Crippen molar-refractivity contribution in [1.29, 1.82) is 0 Å². The van der Waals surface area contributed by atoms with Crippen molar-refractivity contribution in [3.8, 4) is 0 Å². The van der Waals surface area contributed by atoms with Crippen molar-refractivity contribution in [2.24, 2.45) is 0 Å². The molecule has 2 nitrogen and oxygen atoms in total. The molecule has 0 saturated carbocycles. The second-order valence-corrected chi connectivity index (χ2v) is 3.27. The number of halogens is 1. The fourth-order valence-electron chi connectivity index (χ4n) is 0.874. The molecule has 0 aliphatic heterocycles. The van der Waals surface area contributed by atoms with E-state index in [4.69, 9.17) is 0 Å². The van der Waals surface area contributed by atoms with E-state index in [-0.39, 0.29) is 0 Å². The highest BCUT2D eigenvalue weighted by molar-refractivity contribution is 9.10. The molecule has 1 rings (SSSR count). The maximum atomic E-state index is 10.4. The smallest absolute Gasteiger partial charge is 0.134 e. The van der Waals surface area contributed by atoms with Gasteiger partial charge in [0.15, 0.2) is 0 Å². The Labute approximate surface area is 78.7 Å². The molecule has 0 heterocycles.